The molecule has 1 aliphatic heterocycles. The average molecular weight is 246 g/mol. The molecule has 0 aromatic heterocycles. The van der Waals surface area contributed by atoms with Crippen molar-refractivity contribution in [2.24, 2.45) is 5.92 Å². The fourth-order valence-electron chi connectivity index (χ4n) is 2.20. The van der Waals surface area contributed by atoms with Gasteiger partial charge in [0.25, 0.3) is 0 Å². The molecule has 0 bridgehead atoms. The zero-order valence-electron chi connectivity index (χ0n) is 10.2. The molecule has 0 aromatic rings. The van der Waals surface area contributed by atoms with Crippen molar-refractivity contribution in [2.45, 2.75) is 38.1 Å². The summed E-state index contributed by atoms with van der Waals surface area (Å²) in [5, 5.41) is 3.28. The first-order chi connectivity index (χ1) is 7.45. The number of nitrogens with one attached hydrogen (secondary N) is 1. The topological polar surface area (TPSA) is 49.4 Å². The molecule has 0 spiro atoms. The Balaban J connectivity index is 1.92. The second-order valence-corrected chi connectivity index (χ2v) is 7.45. The number of nitrogens with zero attached hydrogens (tertiary/aromatic N) is 1. The van der Waals surface area contributed by atoms with Crippen LogP contribution in [0.25, 0.3) is 0 Å². The Morgan fingerprint density at radius 3 is 2.31 bits per heavy atom. The van der Waals surface area contributed by atoms with Crippen molar-refractivity contribution in [2.75, 3.05) is 25.9 Å². The van der Waals surface area contributed by atoms with Crippen LogP contribution in [0.2, 0.25) is 0 Å². The summed E-state index contributed by atoms with van der Waals surface area (Å²) in [5.74, 6) is 0.825. The summed E-state index contributed by atoms with van der Waals surface area (Å²) in [5.41, 5.74) is 0.117. The van der Waals surface area contributed by atoms with Crippen molar-refractivity contribution < 1.29 is 8.42 Å². The van der Waals surface area contributed by atoms with Crippen molar-refractivity contribution >= 4 is 10.0 Å². The molecule has 0 aromatic carbocycles. The third-order valence-corrected chi connectivity index (χ3v) is 6.01. The quantitative estimate of drug-likeness (QED) is 0.798. The fourth-order valence-corrected chi connectivity index (χ4v) is 4.07. The molecule has 1 saturated heterocycles. The summed E-state index contributed by atoms with van der Waals surface area (Å²) < 4.78 is 25.8. The Bertz CT molecular complexity index is 341. The molecular weight excluding hydrogens is 224 g/mol. The molecule has 0 atom stereocenters. The molecular formula is C11H22N2O2S. The van der Waals surface area contributed by atoms with Crippen molar-refractivity contribution in [3.63, 3.8) is 0 Å². The van der Waals surface area contributed by atoms with Gasteiger partial charge in [-0.2, -0.15) is 0 Å². The number of rotatable bonds is 4. The standard InChI is InChI=1S/C11H22N2O2S/c1-11(12-2)5-7-13(8-6-11)16(14,15)9-10-3-4-10/h10,12H,3-9H2,1-2H3. The molecule has 16 heavy (non-hydrogen) atoms. The van der Waals surface area contributed by atoms with Crippen LogP contribution in [0.4, 0.5) is 0 Å². The van der Waals surface area contributed by atoms with Crippen LogP contribution in [0.1, 0.15) is 32.6 Å². The molecule has 0 amide bonds. The third-order valence-electron chi connectivity index (χ3n) is 3.97. The van der Waals surface area contributed by atoms with Crippen molar-refractivity contribution in [3.8, 4) is 0 Å². The monoisotopic (exact) mass is 246 g/mol. The minimum atomic E-state index is -2.97. The lowest BCUT2D eigenvalue weighted by Gasteiger charge is -2.38. The van der Waals surface area contributed by atoms with Crippen LogP contribution < -0.4 is 5.32 Å². The van der Waals surface area contributed by atoms with E-state index in [2.05, 4.69) is 12.2 Å². The predicted molar refractivity (Wildman–Crippen MR) is 64.8 cm³/mol. The van der Waals surface area contributed by atoms with E-state index in [0.29, 0.717) is 24.8 Å². The van der Waals surface area contributed by atoms with Crippen LogP contribution in [0.15, 0.2) is 0 Å². The molecule has 0 radical (unpaired) electrons. The highest BCUT2D eigenvalue weighted by Gasteiger charge is 2.36. The van der Waals surface area contributed by atoms with Gasteiger partial charge in [-0.3, -0.25) is 0 Å². The third kappa shape index (κ3) is 2.76. The highest BCUT2D eigenvalue weighted by molar-refractivity contribution is 7.89. The maximum absolute atomic E-state index is 12.0. The molecule has 1 saturated carbocycles. The minimum absolute atomic E-state index is 0.117. The number of piperidine rings is 1. The summed E-state index contributed by atoms with van der Waals surface area (Å²) >= 11 is 0. The fraction of sp³-hybridized carbons (Fsp3) is 1.00. The lowest BCUT2D eigenvalue weighted by atomic mass is 9.91. The van der Waals surface area contributed by atoms with Gasteiger partial charge in [0.2, 0.25) is 10.0 Å². The SMILES string of the molecule is CNC1(C)CCN(S(=O)(=O)CC2CC2)CC1. The maximum Gasteiger partial charge on any atom is 0.214 e. The molecule has 5 heteroatoms. The lowest BCUT2D eigenvalue weighted by molar-refractivity contribution is 0.219. The Kier molecular flexibility index (Phi) is 3.29. The molecule has 1 aliphatic carbocycles. The highest BCUT2D eigenvalue weighted by Crippen LogP contribution is 2.32. The molecule has 2 fully saturated rings. The van der Waals surface area contributed by atoms with Crippen LogP contribution in [-0.2, 0) is 10.0 Å². The first-order valence-corrected chi connectivity index (χ1v) is 7.73. The van der Waals surface area contributed by atoms with E-state index in [9.17, 15) is 8.42 Å². The van der Waals surface area contributed by atoms with Crippen molar-refractivity contribution in [3.05, 3.63) is 0 Å². The summed E-state index contributed by atoms with van der Waals surface area (Å²) in [7, 11) is -1.02. The second kappa shape index (κ2) is 4.27. The number of sulfonamides is 1. The summed E-state index contributed by atoms with van der Waals surface area (Å²) in [6.45, 7) is 3.51. The van der Waals surface area contributed by atoms with E-state index >= 15 is 0 Å². The molecule has 4 nitrogen and oxygen atoms in total. The minimum Gasteiger partial charge on any atom is -0.314 e. The molecule has 94 valence electrons. The van der Waals surface area contributed by atoms with Gasteiger partial charge < -0.3 is 5.32 Å². The largest absolute Gasteiger partial charge is 0.314 e. The van der Waals surface area contributed by atoms with Crippen LogP contribution in [-0.4, -0.2) is 44.2 Å². The summed E-state index contributed by atoms with van der Waals surface area (Å²) in [6.07, 6.45) is 4.02. The van der Waals surface area contributed by atoms with E-state index < -0.39 is 10.0 Å². The molecule has 2 rings (SSSR count). The van der Waals surface area contributed by atoms with E-state index in [1.165, 1.54) is 0 Å². The summed E-state index contributed by atoms with van der Waals surface area (Å²) in [6, 6.07) is 0. The van der Waals surface area contributed by atoms with E-state index in [1.807, 2.05) is 7.05 Å². The lowest BCUT2D eigenvalue weighted by Crippen LogP contribution is -2.51. The van der Waals surface area contributed by atoms with Crippen LogP contribution in [0, 0.1) is 5.92 Å². The van der Waals surface area contributed by atoms with E-state index in [-0.39, 0.29) is 5.54 Å². The molecule has 2 aliphatic rings. The molecule has 0 unspecified atom stereocenters. The Labute approximate surface area is 98.4 Å². The van der Waals surface area contributed by atoms with Gasteiger partial charge in [-0.1, -0.05) is 0 Å². The number of hydrogen-bond acceptors (Lipinski definition) is 3. The summed E-state index contributed by atoms with van der Waals surface area (Å²) in [4.78, 5) is 0. The first-order valence-electron chi connectivity index (χ1n) is 6.12. The normalized spacial score (nSPS) is 26.9. The Morgan fingerprint density at radius 2 is 1.88 bits per heavy atom. The Morgan fingerprint density at radius 1 is 1.31 bits per heavy atom. The van der Waals surface area contributed by atoms with E-state index in [4.69, 9.17) is 0 Å². The van der Waals surface area contributed by atoms with Crippen LogP contribution in [0.5, 0.6) is 0 Å². The second-order valence-electron chi connectivity index (χ2n) is 5.43. The van der Waals surface area contributed by atoms with Crippen LogP contribution in [0.3, 0.4) is 0 Å². The van der Waals surface area contributed by atoms with Crippen molar-refractivity contribution in [1.29, 1.82) is 0 Å². The highest BCUT2D eigenvalue weighted by atomic mass is 32.2. The van der Waals surface area contributed by atoms with Gasteiger partial charge in [0, 0.05) is 18.6 Å². The van der Waals surface area contributed by atoms with Gasteiger partial charge in [-0.05, 0) is 45.6 Å². The molecule has 1 N–H and O–H groups in total. The van der Waals surface area contributed by atoms with Crippen LogP contribution >= 0.6 is 0 Å². The number of hydrogen-bond donors (Lipinski definition) is 1. The smallest absolute Gasteiger partial charge is 0.214 e. The van der Waals surface area contributed by atoms with Gasteiger partial charge in [0.1, 0.15) is 0 Å². The first kappa shape index (κ1) is 12.3. The maximum atomic E-state index is 12.0. The van der Waals surface area contributed by atoms with Gasteiger partial charge in [0.05, 0.1) is 5.75 Å². The average Bonchev–Trinajstić information content (AvgIpc) is 3.02. The van der Waals surface area contributed by atoms with Gasteiger partial charge >= 0.3 is 0 Å². The zero-order chi connectivity index (χ0) is 11.8. The zero-order valence-corrected chi connectivity index (χ0v) is 11.0. The van der Waals surface area contributed by atoms with E-state index in [0.717, 1.165) is 25.7 Å². The molecule has 1 heterocycles. The van der Waals surface area contributed by atoms with Gasteiger partial charge in [0.15, 0.2) is 0 Å². The van der Waals surface area contributed by atoms with Gasteiger partial charge in [-0.25, -0.2) is 12.7 Å². The Hall–Kier alpha value is -0.130. The van der Waals surface area contributed by atoms with Crippen molar-refractivity contribution in [1.82, 2.24) is 9.62 Å². The van der Waals surface area contributed by atoms with Gasteiger partial charge in [-0.15, -0.1) is 0 Å². The van der Waals surface area contributed by atoms with E-state index in [1.54, 1.807) is 4.31 Å². The predicted octanol–water partition coefficient (Wildman–Crippen LogP) is 0.800.